The molecule has 4 rings (SSSR count). The number of carbonyl (C=O) groups excluding carboxylic acids is 2. The Morgan fingerprint density at radius 2 is 1.88 bits per heavy atom. The number of aromatic nitrogens is 1. The number of nitrogens with zero attached hydrogens (tertiary/aromatic N) is 2. The zero-order chi connectivity index (χ0) is 23.0. The highest BCUT2D eigenvalue weighted by atomic mass is 35.5. The number of fused-ring (bicyclic) bond motifs is 1. The fraction of sp³-hybridized carbons (Fsp3) is 0.0435. The second-order valence-corrected chi connectivity index (χ2v) is 7.58. The zero-order valence-electron chi connectivity index (χ0n) is 16.8. The quantitative estimate of drug-likeness (QED) is 0.256. The first-order valence-corrected chi connectivity index (χ1v) is 9.91. The Balaban J connectivity index is 1.83. The number of pyridine rings is 1. The van der Waals surface area contributed by atoms with Gasteiger partial charge in [0.1, 0.15) is 5.69 Å². The highest BCUT2D eigenvalue weighted by molar-refractivity contribution is 6.31. The van der Waals surface area contributed by atoms with Crippen molar-refractivity contribution < 1.29 is 14.5 Å². The number of hydrogen-bond donors (Lipinski definition) is 2. The number of carbonyl (C=O) groups is 2. The molecule has 2 heterocycles. The summed E-state index contributed by atoms with van der Waals surface area (Å²) >= 11 is 6.05. The van der Waals surface area contributed by atoms with E-state index < -0.39 is 16.6 Å². The lowest BCUT2D eigenvalue weighted by molar-refractivity contribution is -0.384. The minimum atomic E-state index is -0.581. The molecule has 0 bridgehead atoms. The van der Waals surface area contributed by atoms with Gasteiger partial charge in [-0.2, -0.15) is 0 Å². The molecule has 0 atom stereocenters. The topological polar surface area (TPSA) is 120 Å². The van der Waals surface area contributed by atoms with Gasteiger partial charge in [0.25, 0.3) is 11.6 Å². The maximum absolute atomic E-state index is 13.3. The standard InChI is InChI=1S/C23H17ClN4O4/c1-13-8-9-15(24)12-17(13)26-23(30)19-18-7-2-3-10-27(18)21(20(19)25)22(29)14-5-4-6-16(11-14)28(31)32/h2-12H,25H2,1H3,(H,26,30). The molecule has 0 unspecified atom stereocenters. The summed E-state index contributed by atoms with van der Waals surface area (Å²) < 4.78 is 1.51. The first-order chi connectivity index (χ1) is 15.3. The Labute approximate surface area is 187 Å². The molecular weight excluding hydrogens is 432 g/mol. The number of aryl methyl sites for hydroxylation is 1. The van der Waals surface area contributed by atoms with Crippen LogP contribution in [0.2, 0.25) is 5.02 Å². The minimum Gasteiger partial charge on any atom is -0.396 e. The third-order valence-electron chi connectivity index (χ3n) is 5.09. The number of anilines is 2. The summed E-state index contributed by atoms with van der Waals surface area (Å²) in [5.41, 5.74) is 8.08. The highest BCUT2D eigenvalue weighted by Gasteiger charge is 2.27. The summed E-state index contributed by atoms with van der Waals surface area (Å²) in [4.78, 5) is 37.0. The molecule has 32 heavy (non-hydrogen) atoms. The van der Waals surface area contributed by atoms with Crippen LogP contribution in [0.5, 0.6) is 0 Å². The van der Waals surface area contributed by atoms with Crippen LogP contribution in [0, 0.1) is 17.0 Å². The van der Waals surface area contributed by atoms with Crippen molar-refractivity contribution in [2.75, 3.05) is 11.1 Å². The van der Waals surface area contributed by atoms with E-state index in [4.69, 9.17) is 17.3 Å². The summed E-state index contributed by atoms with van der Waals surface area (Å²) in [6.07, 6.45) is 1.61. The van der Waals surface area contributed by atoms with Gasteiger partial charge >= 0.3 is 0 Å². The van der Waals surface area contributed by atoms with Crippen LogP contribution in [-0.2, 0) is 0 Å². The lowest BCUT2D eigenvalue weighted by Gasteiger charge is -2.09. The molecule has 2 aromatic heterocycles. The Morgan fingerprint density at radius 1 is 1.09 bits per heavy atom. The van der Waals surface area contributed by atoms with Crippen molar-refractivity contribution in [3.8, 4) is 0 Å². The Morgan fingerprint density at radius 3 is 2.62 bits per heavy atom. The molecule has 4 aromatic rings. The normalized spacial score (nSPS) is 10.8. The molecule has 0 saturated heterocycles. The molecule has 1 amide bonds. The lowest BCUT2D eigenvalue weighted by atomic mass is 10.1. The van der Waals surface area contributed by atoms with Crippen LogP contribution >= 0.6 is 11.6 Å². The van der Waals surface area contributed by atoms with Crippen LogP contribution < -0.4 is 11.1 Å². The summed E-state index contributed by atoms with van der Waals surface area (Å²) in [7, 11) is 0. The van der Waals surface area contributed by atoms with E-state index >= 15 is 0 Å². The van der Waals surface area contributed by atoms with Gasteiger partial charge in [-0.05, 0) is 36.8 Å². The van der Waals surface area contributed by atoms with Gasteiger partial charge in [-0.15, -0.1) is 0 Å². The molecule has 0 radical (unpaired) electrons. The molecule has 160 valence electrons. The molecule has 3 N–H and O–H groups in total. The number of nitrogen functional groups attached to an aromatic ring is 1. The van der Waals surface area contributed by atoms with E-state index in [2.05, 4.69) is 5.32 Å². The predicted molar refractivity (Wildman–Crippen MR) is 122 cm³/mol. The molecule has 0 spiro atoms. The Bertz CT molecular complexity index is 1410. The van der Waals surface area contributed by atoms with Crippen molar-refractivity contribution in [2.24, 2.45) is 0 Å². The monoisotopic (exact) mass is 448 g/mol. The fourth-order valence-electron chi connectivity index (χ4n) is 3.51. The van der Waals surface area contributed by atoms with Gasteiger partial charge in [0.2, 0.25) is 5.78 Å². The van der Waals surface area contributed by atoms with Crippen LogP contribution in [0.15, 0.2) is 66.9 Å². The second kappa shape index (κ2) is 8.16. The average Bonchev–Trinajstić information content (AvgIpc) is 3.07. The van der Waals surface area contributed by atoms with Crippen LogP contribution in [-0.4, -0.2) is 21.0 Å². The average molecular weight is 449 g/mol. The molecule has 9 heteroatoms. The van der Waals surface area contributed by atoms with E-state index in [1.807, 2.05) is 6.92 Å². The number of nitro benzene ring substituents is 1. The van der Waals surface area contributed by atoms with Gasteiger partial charge in [-0.1, -0.05) is 35.9 Å². The minimum absolute atomic E-state index is 0.0233. The Hall–Kier alpha value is -4.17. The predicted octanol–water partition coefficient (Wildman–Crippen LogP) is 4.87. The van der Waals surface area contributed by atoms with Gasteiger partial charge in [0.15, 0.2) is 0 Å². The van der Waals surface area contributed by atoms with E-state index in [0.29, 0.717) is 16.2 Å². The number of benzene rings is 2. The van der Waals surface area contributed by atoms with Crippen molar-refractivity contribution in [1.29, 1.82) is 0 Å². The van der Waals surface area contributed by atoms with Gasteiger partial charge in [-0.25, -0.2) is 0 Å². The largest absolute Gasteiger partial charge is 0.396 e. The van der Waals surface area contributed by atoms with Gasteiger partial charge < -0.3 is 15.5 Å². The molecular formula is C23H17ClN4O4. The molecule has 0 fully saturated rings. The van der Waals surface area contributed by atoms with Crippen molar-refractivity contribution in [2.45, 2.75) is 6.92 Å². The molecule has 2 aromatic carbocycles. The smallest absolute Gasteiger partial charge is 0.270 e. The lowest BCUT2D eigenvalue weighted by Crippen LogP contribution is -2.15. The van der Waals surface area contributed by atoms with Gasteiger partial charge in [0, 0.05) is 34.6 Å². The molecule has 0 aliphatic carbocycles. The van der Waals surface area contributed by atoms with Gasteiger partial charge in [-0.3, -0.25) is 19.7 Å². The number of nitrogens with one attached hydrogen (secondary N) is 1. The van der Waals surface area contributed by atoms with Gasteiger partial charge in [0.05, 0.1) is 21.7 Å². The summed E-state index contributed by atoms with van der Waals surface area (Å²) in [5, 5.41) is 14.4. The fourth-order valence-corrected chi connectivity index (χ4v) is 3.68. The van der Waals surface area contributed by atoms with E-state index in [-0.39, 0.29) is 28.2 Å². The number of halogens is 1. The molecule has 0 saturated carbocycles. The zero-order valence-corrected chi connectivity index (χ0v) is 17.6. The number of nitro groups is 1. The number of hydrogen-bond acceptors (Lipinski definition) is 5. The second-order valence-electron chi connectivity index (χ2n) is 7.14. The first-order valence-electron chi connectivity index (χ1n) is 9.53. The maximum Gasteiger partial charge on any atom is 0.270 e. The van der Waals surface area contributed by atoms with Crippen LogP contribution in [0.4, 0.5) is 17.1 Å². The van der Waals surface area contributed by atoms with Crippen molar-refractivity contribution in [3.05, 3.63) is 104 Å². The maximum atomic E-state index is 13.3. The van der Waals surface area contributed by atoms with Crippen molar-refractivity contribution in [3.63, 3.8) is 0 Å². The number of nitrogens with two attached hydrogens (primary N) is 1. The van der Waals surface area contributed by atoms with Crippen LogP contribution in [0.25, 0.3) is 5.52 Å². The summed E-state index contributed by atoms with van der Waals surface area (Å²) in [6, 6.07) is 15.6. The SMILES string of the molecule is Cc1ccc(Cl)cc1NC(=O)c1c(N)c(C(=O)c2cccc([N+](=O)[O-])c2)n2ccccc12. The number of non-ortho nitro benzene ring substituents is 1. The molecule has 0 aliphatic rings. The third-order valence-corrected chi connectivity index (χ3v) is 5.33. The molecule has 0 aliphatic heterocycles. The Kier molecular flexibility index (Phi) is 5.38. The van der Waals surface area contributed by atoms with Crippen molar-refractivity contribution in [1.82, 2.24) is 4.40 Å². The molecule has 8 nitrogen and oxygen atoms in total. The van der Waals surface area contributed by atoms with Crippen LogP contribution in [0.3, 0.4) is 0 Å². The summed E-state index contributed by atoms with van der Waals surface area (Å²) in [6.45, 7) is 1.82. The van der Waals surface area contributed by atoms with Crippen molar-refractivity contribution >= 4 is 45.9 Å². The summed E-state index contributed by atoms with van der Waals surface area (Å²) in [5.74, 6) is -1.04. The highest BCUT2D eigenvalue weighted by Crippen LogP contribution is 2.30. The number of amides is 1. The number of rotatable bonds is 5. The third kappa shape index (κ3) is 3.67. The van der Waals surface area contributed by atoms with E-state index in [1.165, 1.54) is 28.7 Å². The van der Waals surface area contributed by atoms with E-state index in [9.17, 15) is 19.7 Å². The number of ketones is 1. The van der Waals surface area contributed by atoms with E-state index in [1.54, 1.807) is 42.6 Å². The van der Waals surface area contributed by atoms with E-state index in [0.717, 1.165) is 5.56 Å². The first kappa shape index (κ1) is 21.1. The van der Waals surface area contributed by atoms with Crippen LogP contribution in [0.1, 0.15) is 32.0 Å².